The second-order valence-electron chi connectivity index (χ2n) is 3.02. The molecular weight excluding hydrogens is 172 g/mol. The van der Waals surface area contributed by atoms with Crippen LogP contribution >= 0.6 is 0 Å². The first-order chi connectivity index (χ1) is 6.33. The van der Waals surface area contributed by atoms with Gasteiger partial charge < -0.3 is 10.1 Å². The Balaban J connectivity index is 1.84. The molecule has 13 heavy (non-hydrogen) atoms. The standard InChI is InChI=1S/C8H16N2O3/c1-12-4-5-13-10-8(11)6-9-7-2-3-7/h7,9H,2-6H2,1H3,(H,10,11). The van der Waals surface area contributed by atoms with Gasteiger partial charge in [-0.2, -0.15) is 0 Å². The molecule has 0 radical (unpaired) electrons. The Morgan fingerprint density at radius 1 is 1.46 bits per heavy atom. The number of carbonyl (C=O) groups is 1. The fraction of sp³-hybridized carbons (Fsp3) is 0.875. The molecule has 5 nitrogen and oxygen atoms in total. The lowest BCUT2D eigenvalue weighted by Crippen LogP contribution is -2.35. The van der Waals surface area contributed by atoms with Crippen LogP contribution in [0.2, 0.25) is 0 Å². The molecule has 5 heteroatoms. The topological polar surface area (TPSA) is 59.6 Å². The first-order valence-electron chi connectivity index (χ1n) is 4.46. The lowest BCUT2D eigenvalue weighted by atomic mass is 10.5. The monoisotopic (exact) mass is 188 g/mol. The van der Waals surface area contributed by atoms with Crippen LogP contribution in [0.4, 0.5) is 0 Å². The number of methoxy groups -OCH3 is 1. The molecule has 0 aromatic heterocycles. The van der Waals surface area contributed by atoms with Gasteiger partial charge in [0.1, 0.15) is 0 Å². The normalized spacial score (nSPS) is 15.8. The zero-order valence-electron chi connectivity index (χ0n) is 7.84. The smallest absolute Gasteiger partial charge is 0.257 e. The predicted octanol–water partition coefficient (Wildman–Crippen LogP) is -0.567. The zero-order valence-corrected chi connectivity index (χ0v) is 7.84. The van der Waals surface area contributed by atoms with Crippen LogP contribution in [0.3, 0.4) is 0 Å². The van der Waals surface area contributed by atoms with Crippen LogP contribution in [-0.4, -0.2) is 38.8 Å². The summed E-state index contributed by atoms with van der Waals surface area (Å²) in [5.41, 5.74) is 2.32. The summed E-state index contributed by atoms with van der Waals surface area (Å²) in [5.74, 6) is -0.136. The van der Waals surface area contributed by atoms with Gasteiger partial charge in [0.15, 0.2) is 0 Å². The molecule has 0 heterocycles. The van der Waals surface area contributed by atoms with Gasteiger partial charge in [0.05, 0.1) is 19.8 Å². The maximum absolute atomic E-state index is 11.0. The van der Waals surface area contributed by atoms with Gasteiger partial charge >= 0.3 is 0 Å². The largest absolute Gasteiger partial charge is 0.382 e. The molecule has 0 saturated heterocycles. The fourth-order valence-corrected chi connectivity index (χ4v) is 0.817. The van der Waals surface area contributed by atoms with Crippen molar-refractivity contribution in [3.63, 3.8) is 0 Å². The minimum absolute atomic E-state index is 0.136. The van der Waals surface area contributed by atoms with Crippen molar-refractivity contribution in [1.29, 1.82) is 0 Å². The van der Waals surface area contributed by atoms with Gasteiger partial charge in [-0.25, -0.2) is 5.48 Å². The van der Waals surface area contributed by atoms with E-state index in [0.717, 1.165) is 0 Å². The molecule has 0 bridgehead atoms. The highest BCUT2D eigenvalue weighted by molar-refractivity contribution is 5.76. The summed E-state index contributed by atoms with van der Waals surface area (Å²) >= 11 is 0. The Hall–Kier alpha value is -0.650. The van der Waals surface area contributed by atoms with Gasteiger partial charge in [-0.15, -0.1) is 0 Å². The Morgan fingerprint density at radius 2 is 2.23 bits per heavy atom. The first kappa shape index (κ1) is 10.4. The van der Waals surface area contributed by atoms with Crippen LogP contribution in [0.15, 0.2) is 0 Å². The summed E-state index contributed by atoms with van der Waals surface area (Å²) in [6.07, 6.45) is 2.36. The van der Waals surface area contributed by atoms with E-state index >= 15 is 0 Å². The molecule has 0 unspecified atom stereocenters. The third-order valence-corrected chi connectivity index (χ3v) is 1.70. The maximum atomic E-state index is 11.0. The Kier molecular flexibility index (Phi) is 4.74. The summed E-state index contributed by atoms with van der Waals surface area (Å²) in [4.78, 5) is 15.8. The summed E-state index contributed by atoms with van der Waals surface area (Å²) in [5, 5.41) is 3.07. The molecule has 0 aliphatic heterocycles. The average Bonchev–Trinajstić information content (AvgIpc) is 2.92. The van der Waals surface area contributed by atoms with E-state index in [0.29, 0.717) is 25.8 Å². The molecule has 1 aliphatic rings. The summed E-state index contributed by atoms with van der Waals surface area (Å²) in [6.45, 7) is 1.19. The van der Waals surface area contributed by atoms with Crippen LogP contribution < -0.4 is 10.8 Å². The SMILES string of the molecule is COCCONC(=O)CNC1CC1. The lowest BCUT2D eigenvalue weighted by molar-refractivity contribution is -0.133. The van der Waals surface area contributed by atoms with Crippen molar-refractivity contribution < 1.29 is 14.4 Å². The van der Waals surface area contributed by atoms with Crippen LogP contribution in [-0.2, 0) is 14.4 Å². The molecule has 0 atom stereocenters. The number of carbonyl (C=O) groups excluding carboxylic acids is 1. The highest BCUT2D eigenvalue weighted by Crippen LogP contribution is 2.17. The van der Waals surface area contributed by atoms with Gasteiger partial charge in [-0.1, -0.05) is 0 Å². The number of ether oxygens (including phenoxy) is 1. The van der Waals surface area contributed by atoms with Crippen LogP contribution in [0.25, 0.3) is 0 Å². The number of hydrogen-bond acceptors (Lipinski definition) is 4. The number of hydrogen-bond donors (Lipinski definition) is 2. The zero-order chi connectivity index (χ0) is 9.52. The second kappa shape index (κ2) is 5.90. The van der Waals surface area contributed by atoms with Crippen molar-refractivity contribution in [2.45, 2.75) is 18.9 Å². The van der Waals surface area contributed by atoms with Crippen molar-refractivity contribution in [3.05, 3.63) is 0 Å². The quantitative estimate of drug-likeness (QED) is 0.415. The second-order valence-corrected chi connectivity index (χ2v) is 3.02. The molecule has 1 rings (SSSR count). The minimum atomic E-state index is -0.136. The van der Waals surface area contributed by atoms with E-state index < -0.39 is 0 Å². The van der Waals surface area contributed by atoms with Crippen molar-refractivity contribution >= 4 is 5.91 Å². The molecule has 1 fully saturated rings. The lowest BCUT2D eigenvalue weighted by Gasteiger charge is -2.05. The van der Waals surface area contributed by atoms with Crippen LogP contribution in [0.1, 0.15) is 12.8 Å². The minimum Gasteiger partial charge on any atom is -0.382 e. The van der Waals surface area contributed by atoms with Gasteiger partial charge in [0.25, 0.3) is 5.91 Å². The third kappa shape index (κ3) is 5.57. The molecule has 1 saturated carbocycles. The molecular formula is C8H16N2O3. The highest BCUT2D eigenvalue weighted by Gasteiger charge is 2.20. The summed E-state index contributed by atoms with van der Waals surface area (Å²) in [7, 11) is 1.58. The average molecular weight is 188 g/mol. The fourth-order valence-electron chi connectivity index (χ4n) is 0.817. The van der Waals surface area contributed by atoms with E-state index in [1.165, 1.54) is 12.8 Å². The summed E-state index contributed by atoms with van der Waals surface area (Å²) in [6, 6.07) is 0.546. The molecule has 1 amide bonds. The molecule has 0 spiro atoms. The highest BCUT2D eigenvalue weighted by atomic mass is 16.7. The van der Waals surface area contributed by atoms with Crippen molar-refractivity contribution in [2.75, 3.05) is 26.9 Å². The van der Waals surface area contributed by atoms with Crippen molar-refractivity contribution in [3.8, 4) is 0 Å². The predicted molar refractivity (Wildman–Crippen MR) is 47.0 cm³/mol. The molecule has 76 valence electrons. The molecule has 0 aromatic rings. The maximum Gasteiger partial charge on any atom is 0.257 e. The Bertz CT molecular complexity index is 159. The van der Waals surface area contributed by atoms with Crippen LogP contribution in [0.5, 0.6) is 0 Å². The van der Waals surface area contributed by atoms with Crippen molar-refractivity contribution in [1.82, 2.24) is 10.8 Å². The van der Waals surface area contributed by atoms with Gasteiger partial charge in [-0.3, -0.25) is 9.63 Å². The molecule has 2 N–H and O–H groups in total. The third-order valence-electron chi connectivity index (χ3n) is 1.70. The van der Waals surface area contributed by atoms with E-state index in [1.54, 1.807) is 7.11 Å². The molecule has 0 aromatic carbocycles. The van der Waals surface area contributed by atoms with Gasteiger partial charge in [0.2, 0.25) is 0 Å². The first-order valence-corrected chi connectivity index (χ1v) is 4.46. The van der Waals surface area contributed by atoms with Gasteiger partial charge in [0, 0.05) is 13.2 Å². The number of amides is 1. The number of hydroxylamine groups is 1. The van der Waals surface area contributed by atoms with E-state index in [-0.39, 0.29) is 5.91 Å². The van der Waals surface area contributed by atoms with Gasteiger partial charge in [-0.05, 0) is 12.8 Å². The van der Waals surface area contributed by atoms with E-state index in [9.17, 15) is 4.79 Å². The Labute approximate surface area is 77.7 Å². The number of rotatable bonds is 7. The van der Waals surface area contributed by atoms with E-state index in [1.807, 2.05) is 0 Å². The van der Waals surface area contributed by atoms with Crippen LogP contribution in [0, 0.1) is 0 Å². The van der Waals surface area contributed by atoms with E-state index in [2.05, 4.69) is 10.8 Å². The molecule has 1 aliphatic carbocycles. The number of nitrogens with one attached hydrogen (secondary N) is 2. The van der Waals surface area contributed by atoms with Crippen molar-refractivity contribution in [2.24, 2.45) is 0 Å². The Morgan fingerprint density at radius 3 is 2.85 bits per heavy atom. The van der Waals surface area contributed by atoms with E-state index in [4.69, 9.17) is 9.57 Å². The summed E-state index contributed by atoms with van der Waals surface area (Å²) < 4.78 is 4.74.